The van der Waals surface area contributed by atoms with Gasteiger partial charge >= 0.3 is 5.69 Å². The number of methoxy groups -OCH3 is 2. The molecule has 2 heterocycles. The number of benzene rings is 3. The van der Waals surface area contributed by atoms with Gasteiger partial charge in [-0.05, 0) is 75.1 Å². The van der Waals surface area contributed by atoms with Crippen molar-refractivity contribution in [1.82, 2.24) is 14.2 Å². The van der Waals surface area contributed by atoms with Gasteiger partial charge in [-0.3, -0.25) is 14.3 Å². The first-order valence-corrected chi connectivity index (χ1v) is 27.6. The molecule has 1 N–H and O–H groups in total. The van der Waals surface area contributed by atoms with Crippen molar-refractivity contribution >= 4 is 8.53 Å². The van der Waals surface area contributed by atoms with Crippen molar-refractivity contribution in [2.75, 3.05) is 47.3 Å². The number of aromatic nitrogens is 2. The number of hydrogen-bond donors (Lipinski definition) is 1. The zero-order valence-electron chi connectivity index (χ0n) is 44.1. The summed E-state index contributed by atoms with van der Waals surface area (Å²) in [5.41, 5.74) is 0.0701. The molecule has 0 amide bonds. The third-order valence-corrected chi connectivity index (χ3v) is 15.2. The zero-order valence-corrected chi connectivity index (χ0v) is 45.0. The van der Waals surface area contributed by atoms with Gasteiger partial charge in [0.2, 0.25) is 0 Å². The predicted octanol–water partition coefficient (Wildman–Crippen LogP) is 12.0. The second-order valence-corrected chi connectivity index (χ2v) is 20.5. The van der Waals surface area contributed by atoms with Crippen molar-refractivity contribution in [2.24, 2.45) is 0 Å². The summed E-state index contributed by atoms with van der Waals surface area (Å²) in [4.78, 5) is 28.5. The number of ether oxygens (including phenoxy) is 6. The van der Waals surface area contributed by atoms with E-state index in [-0.39, 0.29) is 38.3 Å². The van der Waals surface area contributed by atoms with E-state index < -0.39 is 49.9 Å². The summed E-state index contributed by atoms with van der Waals surface area (Å²) < 4.78 is 55.6. The van der Waals surface area contributed by atoms with E-state index in [2.05, 4.69) is 50.3 Å². The van der Waals surface area contributed by atoms with Crippen molar-refractivity contribution in [1.29, 1.82) is 5.26 Å². The molecular formula is C57H83N4O10P. The second kappa shape index (κ2) is 32.0. The monoisotopic (exact) mass is 1010 g/mol. The highest BCUT2D eigenvalue weighted by Gasteiger charge is 2.51. The van der Waals surface area contributed by atoms with Crippen LogP contribution in [-0.2, 0) is 33.6 Å². The molecule has 396 valence electrons. The molecule has 0 bridgehead atoms. The van der Waals surface area contributed by atoms with Crippen molar-refractivity contribution in [3.8, 4) is 17.6 Å². The van der Waals surface area contributed by atoms with Gasteiger partial charge in [0.1, 0.15) is 35.4 Å². The van der Waals surface area contributed by atoms with Crippen LogP contribution in [0, 0.1) is 11.3 Å². The lowest BCUT2D eigenvalue weighted by Crippen LogP contribution is -2.44. The van der Waals surface area contributed by atoms with Crippen molar-refractivity contribution in [2.45, 2.75) is 173 Å². The molecule has 1 aromatic heterocycles. The topological polar surface area (TPSA) is 156 Å². The van der Waals surface area contributed by atoms with Crippen LogP contribution >= 0.6 is 8.53 Å². The Kier molecular flexibility index (Phi) is 26.0. The molecule has 4 aromatic rings. The summed E-state index contributed by atoms with van der Waals surface area (Å²) in [6, 6.07) is 29.0. The fourth-order valence-electron chi connectivity index (χ4n) is 9.42. The first-order valence-electron chi connectivity index (χ1n) is 26.5. The molecule has 0 radical (unpaired) electrons. The van der Waals surface area contributed by atoms with Crippen LogP contribution < -0.4 is 20.7 Å². The third kappa shape index (κ3) is 17.3. The van der Waals surface area contributed by atoms with Gasteiger partial charge < -0.3 is 37.5 Å². The Hall–Kier alpha value is -4.42. The predicted molar refractivity (Wildman–Crippen MR) is 284 cm³/mol. The first kappa shape index (κ1) is 58.5. The first-order chi connectivity index (χ1) is 35.1. The maximum Gasteiger partial charge on any atom is 0.330 e. The summed E-state index contributed by atoms with van der Waals surface area (Å²) in [7, 11) is 1.42. The molecule has 72 heavy (non-hydrogen) atoms. The lowest BCUT2D eigenvalue weighted by Gasteiger charge is -2.39. The van der Waals surface area contributed by atoms with Crippen LogP contribution in [0.25, 0.3) is 0 Å². The van der Waals surface area contributed by atoms with Gasteiger partial charge in [-0.1, -0.05) is 145 Å². The average Bonchev–Trinajstić information content (AvgIpc) is 3.72. The molecule has 14 nitrogen and oxygen atoms in total. The van der Waals surface area contributed by atoms with Crippen molar-refractivity contribution in [3.63, 3.8) is 0 Å². The fourth-order valence-corrected chi connectivity index (χ4v) is 11.2. The Labute approximate surface area is 430 Å². The minimum Gasteiger partial charge on any atom is -0.497 e. The van der Waals surface area contributed by atoms with Gasteiger partial charge in [-0.15, -0.1) is 0 Å². The van der Waals surface area contributed by atoms with E-state index in [1.807, 2.05) is 78.9 Å². The quantitative estimate of drug-likeness (QED) is 0.0262. The number of H-pyrrole nitrogens is 1. The fraction of sp³-hybridized carbons (Fsp3) is 0.596. The molecular weight excluding hydrogens is 932 g/mol. The van der Waals surface area contributed by atoms with E-state index in [4.69, 9.17) is 37.5 Å². The second-order valence-electron chi connectivity index (χ2n) is 19.1. The van der Waals surface area contributed by atoms with Crippen LogP contribution in [0.2, 0.25) is 0 Å². The highest BCUT2D eigenvalue weighted by Crippen LogP contribution is 2.51. The third-order valence-electron chi connectivity index (χ3n) is 13.1. The number of nitrogens with one attached hydrogen (secondary N) is 1. The van der Waals surface area contributed by atoms with E-state index in [1.54, 1.807) is 14.2 Å². The number of unbranched alkanes of at least 4 members (excludes halogenated alkanes) is 13. The summed E-state index contributed by atoms with van der Waals surface area (Å²) in [6.45, 7) is 11.7. The lowest BCUT2D eigenvalue weighted by molar-refractivity contribution is -0.0997. The molecule has 0 saturated carbocycles. The van der Waals surface area contributed by atoms with Gasteiger partial charge in [-0.2, -0.15) is 5.26 Å². The molecule has 0 spiro atoms. The molecule has 15 heteroatoms. The largest absolute Gasteiger partial charge is 0.497 e. The number of nitriles is 1. The van der Waals surface area contributed by atoms with Gasteiger partial charge in [-0.25, -0.2) is 9.46 Å². The van der Waals surface area contributed by atoms with Crippen molar-refractivity contribution < 1.29 is 37.5 Å². The summed E-state index contributed by atoms with van der Waals surface area (Å²) in [5.74, 6) is 1.37. The van der Waals surface area contributed by atoms with Crippen LogP contribution in [0.4, 0.5) is 0 Å². The number of aromatic amines is 1. The van der Waals surface area contributed by atoms with Crippen LogP contribution in [-0.4, -0.2) is 91.9 Å². The van der Waals surface area contributed by atoms with E-state index in [1.165, 1.54) is 93.9 Å². The molecule has 3 unspecified atom stereocenters. The maximum absolute atomic E-state index is 13.7. The van der Waals surface area contributed by atoms with Crippen molar-refractivity contribution in [3.05, 3.63) is 129 Å². The Morgan fingerprint density at radius 3 is 1.75 bits per heavy atom. The van der Waals surface area contributed by atoms with Gasteiger partial charge in [0.25, 0.3) is 14.1 Å². The Morgan fingerprint density at radius 2 is 1.24 bits per heavy atom. The van der Waals surface area contributed by atoms with Crippen LogP contribution in [0.3, 0.4) is 0 Å². The minimum absolute atomic E-state index is 0.00798. The number of rotatable bonds is 36. The van der Waals surface area contributed by atoms with Crippen LogP contribution in [0.15, 0.2) is 101 Å². The number of hydrogen-bond acceptors (Lipinski definition) is 12. The Morgan fingerprint density at radius 1 is 0.694 bits per heavy atom. The van der Waals surface area contributed by atoms with Gasteiger partial charge in [0, 0.05) is 31.0 Å². The van der Waals surface area contributed by atoms with Crippen LogP contribution in [0.1, 0.15) is 154 Å². The summed E-state index contributed by atoms with van der Waals surface area (Å²) in [5, 5.41) is 9.56. The summed E-state index contributed by atoms with van der Waals surface area (Å²) in [6.07, 6.45) is 15.8. The average molecular weight is 1020 g/mol. The molecule has 1 aliphatic heterocycles. The molecule has 5 atom stereocenters. The molecule has 3 aromatic carbocycles. The normalized spacial score (nSPS) is 17.5. The van der Waals surface area contributed by atoms with E-state index >= 15 is 0 Å². The van der Waals surface area contributed by atoms with Crippen LogP contribution in [0.5, 0.6) is 11.5 Å². The molecule has 0 aliphatic carbocycles. The minimum atomic E-state index is -1.84. The van der Waals surface area contributed by atoms with Gasteiger partial charge in [0.15, 0.2) is 6.23 Å². The zero-order chi connectivity index (χ0) is 51.6. The lowest BCUT2D eigenvalue weighted by atomic mass is 9.80. The van der Waals surface area contributed by atoms with E-state index in [0.29, 0.717) is 24.7 Å². The summed E-state index contributed by atoms with van der Waals surface area (Å²) >= 11 is 0. The molecule has 1 saturated heterocycles. The standard InChI is InChI=1S/C57H83N4O10P/c1-8-9-10-11-12-13-14-15-16-17-18-19-20-24-39-66-41-42-67-54-53(71-72(69-40-25-37-58)61(44(2)3)45(4)5)51(70-55(54)60-38-36-52(62)59-56(60)63)43-68-57(46-26-22-21-23-27-46,47-28-32-49(64-6)33-29-47)48-30-34-50(65-7)35-31-48/h21-23,26-36,38,44-45,51,53-55H,8-20,24-25,39-43H2,1-7H3,(H,59,62,63)/t51-,53?,54?,55-,72?/m1/s1. The SMILES string of the molecule is CCCCCCCCCCCCCCCCOCCOC1C(OP(OCCC#N)N(C(C)C)C(C)C)[C@@H](COC(c2ccccc2)(c2ccc(OC)cc2)c2ccc(OC)cc2)O[C@H]1n1ccc(=O)[nH]c1=O. The smallest absolute Gasteiger partial charge is 0.330 e. The molecule has 5 rings (SSSR count). The maximum atomic E-state index is 13.7. The van der Waals surface area contributed by atoms with Gasteiger partial charge in [0.05, 0.1) is 53.1 Å². The highest BCUT2D eigenvalue weighted by molar-refractivity contribution is 7.44. The van der Waals surface area contributed by atoms with E-state index in [9.17, 15) is 14.9 Å². The van der Waals surface area contributed by atoms with E-state index in [0.717, 1.165) is 29.5 Å². The molecule has 1 aliphatic rings. The Balaban J connectivity index is 1.41. The molecule has 1 fully saturated rings. The Bertz CT molecular complexity index is 2200. The number of nitrogens with zero attached hydrogens (tertiary/aromatic N) is 3. The highest BCUT2D eigenvalue weighted by atomic mass is 31.2.